The van der Waals surface area contributed by atoms with Crippen molar-refractivity contribution in [3.8, 4) is 5.75 Å². The molecule has 0 amide bonds. The van der Waals surface area contributed by atoms with Crippen LogP contribution in [0.1, 0.15) is 11.1 Å². The first kappa shape index (κ1) is 25.5. The average molecular weight is 527 g/mol. The molecule has 1 fully saturated rings. The number of nitro benzene ring substituents is 1. The number of nitrogens with one attached hydrogen (secondary N) is 2. The average Bonchev–Trinajstić information content (AvgIpc) is 2.97. The Morgan fingerprint density at radius 3 is 2.51 bits per heavy atom. The molecule has 1 saturated heterocycles. The fourth-order valence-corrected chi connectivity index (χ4v) is 3.76. The molecule has 39 heavy (non-hydrogen) atoms. The van der Waals surface area contributed by atoms with E-state index in [1.54, 1.807) is 18.3 Å². The Balaban J connectivity index is 1.25. The minimum atomic E-state index is -0.428. The van der Waals surface area contributed by atoms with E-state index in [1.165, 1.54) is 12.1 Å². The molecule has 5 rings (SSSR count). The van der Waals surface area contributed by atoms with Crippen molar-refractivity contribution < 1.29 is 14.4 Å². The number of nitrogens with zero attached hydrogens (tertiary/aromatic N) is 6. The molecule has 2 N–H and O–H groups in total. The largest absolute Gasteiger partial charge is 0.489 e. The number of para-hydroxylation sites is 1. The van der Waals surface area contributed by atoms with Crippen LogP contribution in [0.2, 0.25) is 0 Å². The first-order valence-electron chi connectivity index (χ1n) is 12.3. The number of aromatic nitrogens is 3. The van der Waals surface area contributed by atoms with Crippen LogP contribution in [0.3, 0.4) is 0 Å². The van der Waals surface area contributed by atoms with Gasteiger partial charge < -0.3 is 19.7 Å². The minimum absolute atomic E-state index is 0.0441. The van der Waals surface area contributed by atoms with Gasteiger partial charge in [0.25, 0.3) is 5.69 Å². The van der Waals surface area contributed by atoms with Crippen LogP contribution in [-0.4, -0.2) is 52.4 Å². The molecule has 12 nitrogen and oxygen atoms in total. The number of anilines is 4. The number of nitro groups is 1. The Kier molecular flexibility index (Phi) is 8.14. The number of rotatable bonds is 10. The summed E-state index contributed by atoms with van der Waals surface area (Å²) < 4.78 is 11.3. The maximum Gasteiger partial charge on any atom is 0.269 e. The van der Waals surface area contributed by atoms with E-state index in [0.717, 1.165) is 16.8 Å². The standard InChI is InChI=1S/C27H26N8O4/c36-35(37)23-11-9-20(10-12-23)19-39-24-8-4-5-21(17-24)18-28-33-26-30-25(29-22-6-2-1-3-7-22)31-27(32-26)34-13-15-38-16-14-34/h1-12,17-18H,13-16,19H2,(H2,29,30,31,32,33)/b28-18+. The van der Waals surface area contributed by atoms with Gasteiger partial charge in [-0.1, -0.05) is 30.3 Å². The molecule has 4 aromatic rings. The molecule has 0 unspecified atom stereocenters. The molecule has 0 radical (unpaired) electrons. The molecule has 0 saturated carbocycles. The SMILES string of the molecule is O=[N+]([O-])c1ccc(COc2cccc(/C=N/Nc3nc(Nc4ccccc4)nc(N4CCOCC4)n3)c2)cc1. The molecule has 0 spiro atoms. The number of hydrazone groups is 1. The predicted molar refractivity (Wildman–Crippen MR) is 148 cm³/mol. The van der Waals surface area contributed by atoms with Crippen molar-refractivity contribution in [2.75, 3.05) is 41.9 Å². The topological polar surface area (TPSA) is 140 Å². The summed E-state index contributed by atoms with van der Waals surface area (Å²) in [7, 11) is 0. The van der Waals surface area contributed by atoms with E-state index in [4.69, 9.17) is 9.47 Å². The van der Waals surface area contributed by atoms with Gasteiger partial charge in [0.05, 0.1) is 24.4 Å². The van der Waals surface area contributed by atoms with Crippen molar-refractivity contribution in [3.63, 3.8) is 0 Å². The highest BCUT2D eigenvalue weighted by Crippen LogP contribution is 2.19. The summed E-state index contributed by atoms with van der Waals surface area (Å²) in [6, 6.07) is 23.3. The first-order chi connectivity index (χ1) is 19.1. The van der Waals surface area contributed by atoms with Gasteiger partial charge >= 0.3 is 0 Å². The minimum Gasteiger partial charge on any atom is -0.489 e. The molecule has 1 aromatic heterocycles. The zero-order chi connectivity index (χ0) is 26.9. The fourth-order valence-electron chi connectivity index (χ4n) is 3.76. The monoisotopic (exact) mass is 526 g/mol. The fraction of sp³-hybridized carbons (Fsp3) is 0.185. The highest BCUT2D eigenvalue weighted by atomic mass is 16.6. The van der Waals surface area contributed by atoms with Crippen LogP contribution in [0.5, 0.6) is 5.75 Å². The van der Waals surface area contributed by atoms with Crippen LogP contribution in [0, 0.1) is 10.1 Å². The normalized spacial score (nSPS) is 13.3. The molecule has 12 heteroatoms. The number of benzene rings is 3. The lowest BCUT2D eigenvalue weighted by Crippen LogP contribution is -2.37. The Labute approximate surface area is 224 Å². The van der Waals surface area contributed by atoms with Gasteiger partial charge in [-0.2, -0.15) is 20.1 Å². The number of morpholine rings is 1. The van der Waals surface area contributed by atoms with Gasteiger partial charge in [-0.15, -0.1) is 0 Å². The Morgan fingerprint density at radius 1 is 0.974 bits per heavy atom. The van der Waals surface area contributed by atoms with Crippen molar-refractivity contribution in [1.82, 2.24) is 15.0 Å². The number of hydrogen-bond acceptors (Lipinski definition) is 11. The van der Waals surface area contributed by atoms with Crippen molar-refractivity contribution in [2.24, 2.45) is 5.10 Å². The zero-order valence-electron chi connectivity index (χ0n) is 20.9. The van der Waals surface area contributed by atoms with E-state index in [9.17, 15) is 10.1 Å². The van der Waals surface area contributed by atoms with Gasteiger partial charge in [-0.25, -0.2) is 5.43 Å². The van der Waals surface area contributed by atoms with Crippen LogP contribution in [0.4, 0.5) is 29.2 Å². The van der Waals surface area contributed by atoms with E-state index in [-0.39, 0.29) is 12.3 Å². The van der Waals surface area contributed by atoms with Gasteiger partial charge in [0.1, 0.15) is 12.4 Å². The quantitative estimate of drug-likeness (QED) is 0.174. The summed E-state index contributed by atoms with van der Waals surface area (Å²) in [6.07, 6.45) is 1.64. The van der Waals surface area contributed by atoms with Crippen molar-refractivity contribution in [3.05, 3.63) is 100 Å². The number of hydrogen-bond donors (Lipinski definition) is 2. The molecular weight excluding hydrogens is 500 g/mol. The summed E-state index contributed by atoms with van der Waals surface area (Å²) in [5, 5.41) is 18.3. The summed E-state index contributed by atoms with van der Waals surface area (Å²) in [6.45, 7) is 2.87. The molecule has 198 valence electrons. The zero-order valence-corrected chi connectivity index (χ0v) is 20.9. The van der Waals surface area contributed by atoms with Gasteiger partial charge in [-0.3, -0.25) is 10.1 Å². The summed E-state index contributed by atoms with van der Waals surface area (Å²) in [5.41, 5.74) is 5.43. The predicted octanol–water partition coefficient (Wildman–Crippen LogP) is 4.39. The van der Waals surface area contributed by atoms with Crippen molar-refractivity contribution in [2.45, 2.75) is 6.61 Å². The molecule has 0 atom stereocenters. The van der Waals surface area contributed by atoms with Crippen LogP contribution in [0.25, 0.3) is 0 Å². The Hall–Kier alpha value is -5.10. The van der Waals surface area contributed by atoms with E-state index >= 15 is 0 Å². The highest BCUT2D eigenvalue weighted by Gasteiger charge is 2.16. The summed E-state index contributed by atoms with van der Waals surface area (Å²) >= 11 is 0. The third kappa shape index (κ3) is 7.23. The second kappa shape index (κ2) is 12.4. The van der Waals surface area contributed by atoms with E-state index in [0.29, 0.717) is 49.9 Å². The lowest BCUT2D eigenvalue weighted by Gasteiger charge is -2.27. The smallest absolute Gasteiger partial charge is 0.269 e. The Morgan fingerprint density at radius 2 is 1.74 bits per heavy atom. The third-order valence-electron chi connectivity index (χ3n) is 5.74. The summed E-state index contributed by atoms with van der Waals surface area (Å²) in [5.74, 6) is 1.87. The molecule has 0 bridgehead atoms. The molecular formula is C27H26N8O4. The van der Waals surface area contributed by atoms with Gasteiger partial charge in [0.2, 0.25) is 17.8 Å². The molecule has 3 aromatic carbocycles. The maximum absolute atomic E-state index is 10.8. The lowest BCUT2D eigenvalue weighted by atomic mass is 10.2. The van der Waals surface area contributed by atoms with E-state index < -0.39 is 4.92 Å². The molecule has 2 heterocycles. The van der Waals surface area contributed by atoms with Crippen LogP contribution < -0.4 is 20.4 Å². The van der Waals surface area contributed by atoms with Crippen LogP contribution >= 0.6 is 0 Å². The van der Waals surface area contributed by atoms with Gasteiger partial charge in [-0.05, 0) is 47.5 Å². The second-order valence-electron chi connectivity index (χ2n) is 8.53. The van der Waals surface area contributed by atoms with E-state index in [2.05, 4.69) is 30.8 Å². The Bertz CT molecular complexity index is 1430. The second-order valence-corrected chi connectivity index (χ2v) is 8.53. The number of ether oxygens (including phenoxy) is 2. The molecule has 1 aliphatic rings. The van der Waals surface area contributed by atoms with Crippen LogP contribution in [0.15, 0.2) is 84.0 Å². The van der Waals surface area contributed by atoms with Gasteiger partial charge in [0.15, 0.2) is 0 Å². The first-order valence-corrected chi connectivity index (χ1v) is 12.3. The van der Waals surface area contributed by atoms with Crippen molar-refractivity contribution in [1.29, 1.82) is 0 Å². The maximum atomic E-state index is 10.8. The van der Waals surface area contributed by atoms with Crippen molar-refractivity contribution >= 4 is 35.4 Å². The molecule has 1 aliphatic heterocycles. The van der Waals surface area contributed by atoms with Crippen LogP contribution in [-0.2, 0) is 11.3 Å². The molecule has 0 aliphatic carbocycles. The lowest BCUT2D eigenvalue weighted by molar-refractivity contribution is -0.384. The van der Waals surface area contributed by atoms with Gasteiger partial charge in [0, 0.05) is 30.9 Å². The van der Waals surface area contributed by atoms with E-state index in [1.807, 2.05) is 59.5 Å². The number of non-ortho nitro benzene ring substituents is 1. The third-order valence-corrected chi connectivity index (χ3v) is 5.74. The highest BCUT2D eigenvalue weighted by molar-refractivity contribution is 5.80. The summed E-state index contributed by atoms with van der Waals surface area (Å²) in [4.78, 5) is 26.0.